The molecule has 4 heteroatoms. The van der Waals surface area contributed by atoms with Gasteiger partial charge in [-0.25, -0.2) is 4.98 Å². The molecule has 0 aliphatic carbocycles. The first kappa shape index (κ1) is 10.1. The first-order valence-electron chi connectivity index (χ1n) is 4.93. The van der Waals surface area contributed by atoms with Crippen molar-refractivity contribution in [3.8, 4) is 10.6 Å². The van der Waals surface area contributed by atoms with Crippen molar-refractivity contribution >= 4 is 16.3 Å². The van der Waals surface area contributed by atoms with Gasteiger partial charge in [-0.15, -0.1) is 0 Å². The fourth-order valence-electron chi connectivity index (χ4n) is 1.40. The Morgan fingerprint density at radius 3 is 2.87 bits per heavy atom. The molecule has 3 nitrogen and oxygen atoms in total. The van der Waals surface area contributed by atoms with Crippen molar-refractivity contribution in [1.29, 1.82) is 0 Å². The molecule has 0 amide bonds. The van der Waals surface area contributed by atoms with Crippen molar-refractivity contribution in [3.63, 3.8) is 0 Å². The largest absolute Gasteiger partial charge is 0.378 e. The average Bonchev–Trinajstić information content (AvgIpc) is 2.73. The SMILES string of the molecule is CCc1nc(-c2cccnc2)sc1NC. The van der Waals surface area contributed by atoms with E-state index in [9.17, 15) is 0 Å². The van der Waals surface area contributed by atoms with E-state index in [2.05, 4.69) is 22.2 Å². The molecule has 0 saturated carbocycles. The minimum atomic E-state index is 0.951. The Labute approximate surface area is 93.2 Å². The standard InChI is InChI=1S/C11H13N3S/c1-3-9-11(12-2)15-10(14-9)8-5-4-6-13-7-8/h4-7,12H,3H2,1-2H3. The summed E-state index contributed by atoms with van der Waals surface area (Å²) in [5, 5.41) is 5.35. The highest BCUT2D eigenvalue weighted by molar-refractivity contribution is 7.19. The molecule has 0 saturated heterocycles. The predicted octanol–water partition coefficient (Wildman–Crippen LogP) is 2.81. The van der Waals surface area contributed by atoms with Crippen molar-refractivity contribution < 1.29 is 0 Å². The second kappa shape index (κ2) is 4.40. The Morgan fingerprint density at radius 1 is 1.47 bits per heavy atom. The Kier molecular flexibility index (Phi) is 2.97. The van der Waals surface area contributed by atoms with E-state index in [1.807, 2.05) is 25.4 Å². The number of pyridine rings is 1. The smallest absolute Gasteiger partial charge is 0.127 e. The Balaban J connectivity index is 2.42. The van der Waals surface area contributed by atoms with E-state index in [0.717, 1.165) is 27.7 Å². The van der Waals surface area contributed by atoms with Gasteiger partial charge in [0.25, 0.3) is 0 Å². The number of nitrogens with one attached hydrogen (secondary N) is 1. The summed E-state index contributed by atoms with van der Waals surface area (Å²) in [6.45, 7) is 2.11. The number of hydrogen-bond acceptors (Lipinski definition) is 4. The summed E-state index contributed by atoms with van der Waals surface area (Å²) < 4.78 is 0. The summed E-state index contributed by atoms with van der Waals surface area (Å²) in [7, 11) is 1.93. The molecule has 0 spiro atoms. The fraction of sp³-hybridized carbons (Fsp3) is 0.273. The third-order valence-corrected chi connectivity index (χ3v) is 3.33. The number of aromatic nitrogens is 2. The maximum absolute atomic E-state index is 4.59. The molecule has 0 fully saturated rings. The first-order valence-corrected chi connectivity index (χ1v) is 5.74. The first-order chi connectivity index (χ1) is 7.35. The van der Waals surface area contributed by atoms with Crippen LogP contribution in [-0.4, -0.2) is 17.0 Å². The molecule has 2 aromatic rings. The van der Waals surface area contributed by atoms with Gasteiger partial charge in [-0.1, -0.05) is 18.3 Å². The Morgan fingerprint density at radius 2 is 2.33 bits per heavy atom. The topological polar surface area (TPSA) is 37.8 Å². The van der Waals surface area contributed by atoms with E-state index in [1.165, 1.54) is 0 Å². The van der Waals surface area contributed by atoms with Gasteiger partial charge in [-0.2, -0.15) is 0 Å². The minimum Gasteiger partial charge on any atom is -0.378 e. The van der Waals surface area contributed by atoms with Crippen molar-refractivity contribution in [2.45, 2.75) is 13.3 Å². The molecule has 15 heavy (non-hydrogen) atoms. The van der Waals surface area contributed by atoms with Gasteiger partial charge in [0.1, 0.15) is 10.0 Å². The van der Waals surface area contributed by atoms with Gasteiger partial charge in [-0.05, 0) is 18.6 Å². The lowest BCUT2D eigenvalue weighted by molar-refractivity contribution is 1.06. The van der Waals surface area contributed by atoms with Crippen LogP contribution in [0.5, 0.6) is 0 Å². The quantitative estimate of drug-likeness (QED) is 0.862. The van der Waals surface area contributed by atoms with Gasteiger partial charge in [0.2, 0.25) is 0 Å². The van der Waals surface area contributed by atoms with E-state index in [1.54, 1.807) is 17.5 Å². The minimum absolute atomic E-state index is 0.951. The van der Waals surface area contributed by atoms with Crippen LogP contribution in [0.2, 0.25) is 0 Å². The Hall–Kier alpha value is -1.42. The fourth-order valence-corrected chi connectivity index (χ4v) is 2.40. The highest BCUT2D eigenvalue weighted by atomic mass is 32.1. The van der Waals surface area contributed by atoms with Crippen molar-refractivity contribution in [3.05, 3.63) is 30.2 Å². The van der Waals surface area contributed by atoms with Crippen LogP contribution in [0.1, 0.15) is 12.6 Å². The molecule has 0 radical (unpaired) electrons. The van der Waals surface area contributed by atoms with E-state index >= 15 is 0 Å². The second-order valence-electron chi connectivity index (χ2n) is 3.14. The number of hydrogen-bond donors (Lipinski definition) is 1. The van der Waals surface area contributed by atoms with Gasteiger partial charge in [0.15, 0.2) is 0 Å². The number of nitrogens with zero attached hydrogens (tertiary/aromatic N) is 2. The maximum Gasteiger partial charge on any atom is 0.127 e. The summed E-state index contributed by atoms with van der Waals surface area (Å²) in [5.74, 6) is 0. The van der Waals surface area contributed by atoms with Gasteiger partial charge < -0.3 is 5.32 Å². The monoisotopic (exact) mass is 219 g/mol. The van der Waals surface area contributed by atoms with Gasteiger partial charge >= 0.3 is 0 Å². The lowest BCUT2D eigenvalue weighted by Gasteiger charge is -1.94. The summed E-state index contributed by atoms with van der Waals surface area (Å²) in [6, 6.07) is 3.96. The van der Waals surface area contributed by atoms with Crippen LogP contribution in [0.25, 0.3) is 10.6 Å². The van der Waals surface area contributed by atoms with Crippen LogP contribution in [0, 0.1) is 0 Å². The number of thiazole rings is 1. The van der Waals surface area contributed by atoms with E-state index in [-0.39, 0.29) is 0 Å². The molecule has 0 atom stereocenters. The van der Waals surface area contributed by atoms with E-state index < -0.39 is 0 Å². The van der Waals surface area contributed by atoms with Crippen LogP contribution in [0.4, 0.5) is 5.00 Å². The van der Waals surface area contributed by atoms with Gasteiger partial charge in [0.05, 0.1) is 5.69 Å². The van der Waals surface area contributed by atoms with Crippen LogP contribution in [0.3, 0.4) is 0 Å². The van der Waals surface area contributed by atoms with Crippen molar-refractivity contribution in [2.24, 2.45) is 0 Å². The molecule has 0 bridgehead atoms. The zero-order valence-corrected chi connectivity index (χ0v) is 9.64. The summed E-state index contributed by atoms with van der Waals surface area (Å²) in [4.78, 5) is 8.68. The molecule has 2 heterocycles. The zero-order chi connectivity index (χ0) is 10.7. The second-order valence-corrected chi connectivity index (χ2v) is 4.14. The molecule has 2 rings (SSSR count). The van der Waals surface area contributed by atoms with Crippen molar-refractivity contribution in [1.82, 2.24) is 9.97 Å². The molecule has 2 aromatic heterocycles. The summed E-state index contributed by atoms with van der Waals surface area (Å²) in [6.07, 6.45) is 4.57. The maximum atomic E-state index is 4.59. The van der Waals surface area contributed by atoms with Crippen LogP contribution < -0.4 is 5.32 Å². The number of aryl methyl sites for hydroxylation is 1. The molecule has 0 aromatic carbocycles. The number of anilines is 1. The molecule has 78 valence electrons. The van der Waals surface area contributed by atoms with Crippen LogP contribution >= 0.6 is 11.3 Å². The lowest BCUT2D eigenvalue weighted by Crippen LogP contribution is -1.89. The van der Waals surface area contributed by atoms with Crippen LogP contribution in [-0.2, 0) is 6.42 Å². The number of rotatable bonds is 3. The van der Waals surface area contributed by atoms with Gasteiger partial charge in [-0.3, -0.25) is 4.98 Å². The van der Waals surface area contributed by atoms with E-state index in [0.29, 0.717) is 0 Å². The third-order valence-electron chi connectivity index (χ3n) is 2.17. The molecular weight excluding hydrogens is 206 g/mol. The summed E-state index contributed by atoms with van der Waals surface area (Å²) >= 11 is 1.67. The van der Waals surface area contributed by atoms with Crippen molar-refractivity contribution in [2.75, 3.05) is 12.4 Å². The Bertz CT molecular complexity index is 415. The molecule has 0 aliphatic rings. The molecule has 0 aliphatic heterocycles. The zero-order valence-electron chi connectivity index (χ0n) is 8.82. The summed E-state index contributed by atoms with van der Waals surface area (Å²) in [5.41, 5.74) is 2.21. The van der Waals surface area contributed by atoms with Crippen LogP contribution in [0.15, 0.2) is 24.5 Å². The normalized spacial score (nSPS) is 10.3. The molecule has 1 N–H and O–H groups in total. The highest BCUT2D eigenvalue weighted by Crippen LogP contribution is 2.31. The van der Waals surface area contributed by atoms with E-state index in [4.69, 9.17) is 0 Å². The highest BCUT2D eigenvalue weighted by Gasteiger charge is 2.09. The average molecular weight is 219 g/mol. The molecule has 0 unspecified atom stereocenters. The molecular formula is C11H13N3S. The predicted molar refractivity (Wildman–Crippen MR) is 64.3 cm³/mol. The third kappa shape index (κ3) is 1.99. The van der Waals surface area contributed by atoms with Gasteiger partial charge in [0, 0.05) is 25.0 Å². The lowest BCUT2D eigenvalue weighted by atomic mass is 10.3.